The van der Waals surface area contributed by atoms with E-state index in [0.29, 0.717) is 13.0 Å². The summed E-state index contributed by atoms with van der Waals surface area (Å²) in [5.41, 5.74) is 3.92. The van der Waals surface area contributed by atoms with Crippen LogP contribution in [0.1, 0.15) is 35.8 Å². The summed E-state index contributed by atoms with van der Waals surface area (Å²) in [6.07, 6.45) is 1.48. The van der Waals surface area contributed by atoms with E-state index in [2.05, 4.69) is 22.5 Å². The highest BCUT2D eigenvalue weighted by Crippen LogP contribution is 2.19. The number of nitrogens with one attached hydrogen (secondary N) is 1. The van der Waals surface area contributed by atoms with Gasteiger partial charge in [-0.25, -0.2) is 0 Å². The largest absolute Gasteiger partial charge is 0.379 e. The van der Waals surface area contributed by atoms with E-state index in [1.807, 2.05) is 55.1 Å². The minimum absolute atomic E-state index is 0.203. The van der Waals surface area contributed by atoms with Crippen LogP contribution in [0.15, 0.2) is 48.5 Å². The normalized spacial score (nSPS) is 10.9. The molecule has 0 aliphatic carbocycles. The van der Waals surface area contributed by atoms with Gasteiger partial charge in [-0.05, 0) is 36.8 Å². The molecule has 0 aliphatic heterocycles. The van der Waals surface area contributed by atoms with Crippen molar-refractivity contribution in [1.82, 2.24) is 9.78 Å². The molecular formula is C19H21N3O. The Bertz CT molecular complexity index is 818. The Hall–Kier alpha value is -2.62. The number of hydrogen-bond acceptors (Lipinski definition) is 3. The van der Waals surface area contributed by atoms with E-state index in [0.717, 1.165) is 34.3 Å². The Balaban J connectivity index is 1.71. The van der Waals surface area contributed by atoms with E-state index < -0.39 is 0 Å². The fraction of sp³-hybridized carbons (Fsp3) is 0.263. The molecule has 118 valence electrons. The van der Waals surface area contributed by atoms with Crippen LogP contribution in [0.25, 0.3) is 10.9 Å². The van der Waals surface area contributed by atoms with Crippen LogP contribution in [0, 0.1) is 0 Å². The van der Waals surface area contributed by atoms with Crippen LogP contribution in [0.5, 0.6) is 0 Å². The molecule has 23 heavy (non-hydrogen) atoms. The molecule has 0 fully saturated rings. The Morgan fingerprint density at radius 2 is 1.87 bits per heavy atom. The number of ketones is 1. The number of carbonyl (C=O) groups is 1. The van der Waals surface area contributed by atoms with Crippen molar-refractivity contribution in [2.75, 3.05) is 5.32 Å². The van der Waals surface area contributed by atoms with E-state index in [9.17, 15) is 4.79 Å². The first-order valence-corrected chi connectivity index (χ1v) is 7.97. The third-order valence-corrected chi connectivity index (χ3v) is 3.98. The van der Waals surface area contributed by atoms with Crippen molar-refractivity contribution in [3.63, 3.8) is 0 Å². The molecule has 0 unspecified atom stereocenters. The van der Waals surface area contributed by atoms with Crippen molar-refractivity contribution in [2.24, 2.45) is 7.05 Å². The SMILES string of the molecule is CCCC(=O)c1ccc(NCc2nn(C)c3ccccc23)cc1. The first kappa shape index (κ1) is 15.3. The summed E-state index contributed by atoms with van der Waals surface area (Å²) in [7, 11) is 1.96. The van der Waals surface area contributed by atoms with Crippen molar-refractivity contribution >= 4 is 22.4 Å². The molecule has 0 bridgehead atoms. The molecule has 1 aromatic heterocycles. The lowest BCUT2D eigenvalue weighted by molar-refractivity contribution is 0.0982. The number of rotatable bonds is 6. The van der Waals surface area contributed by atoms with Gasteiger partial charge < -0.3 is 5.32 Å². The fourth-order valence-electron chi connectivity index (χ4n) is 2.75. The maximum atomic E-state index is 11.9. The molecule has 0 amide bonds. The van der Waals surface area contributed by atoms with Gasteiger partial charge in [-0.2, -0.15) is 5.10 Å². The number of hydrogen-bond donors (Lipinski definition) is 1. The summed E-state index contributed by atoms with van der Waals surface area (Å²) in [5, 5.41) is 9.12. The summed E-state index contributed by atoms with van der Waals surface area (Å²) >= 11 is 0. The van der Waals surface area contributed by atoms with Crippen molar-refractivity contribution in [1.29, 1.82) is 0 Å². The van der Waals surface area contributed by atoms with Gasteiger partial charge in [-0.15, -0.1) is 0 Å². The molecule has 3 rings (SSSR count). The number of benzene rings is 2. The van der Waals surface area contributed by atoms with Crippen molar-refractivity contribution in [3.8, 4) is 0 Å². The second-order valence-corrected chi connectivity index (χ2v) is 5.69. The first-order chi connectivity index (χ1) is 11.2. The van der Waals surface area contributed by atoms with Gasteiger partial charge in [0.2, 0.25) is 0 Å². The summed E-state index contributed by atoms with van der Waals surface area (Å²) in [6, 6.07) is 15.9. The second kappa shape index (κ2) is 6.65. The first-order valence-electron chi connectivity index (χ1n) is 7.97. The number of Topliss-reactive ketones (excluding diaryl/α,β-unsaturated/α-hetero) is 1. The number of anilines is 1. The van der Waals surface area contributed by atoms with Gasteiger partial charge in [0.15, 0.2) is 5.78 Å². The molecule has 0 saturated carbocycles. The van der Waals surface area contributed by atoms with Crippen LogP contribution in [0.2, 0.25) is 0 Å². The zero-order valence-electron chi connectivity index (χ0n) is 13.5. The molecule has 4 nitrogen and oxygen atoms in total. The molecule has 0 atom stereocenters. The Morgan fingerprint density at radius 1 is 1.13 bits per heavy atom. The van der Waals surface area contributed by atoms with E-state index in [4.69, 9.17) is 0 Å². The molecule has 1 heterocycles. The minimum Gasteiger partial charge on any atom is -0.379 e. The average molecular weight is 307 g/mol. The third-order valence-electron chi connectivity index (χ3n) is 3.98. The van der Waals surface area contributed by atoms with Crippen molar-refractivity contribution in [3.05, 3.63) is 59.8 Å². The average Bonchev–Trinajstić information content (AvgIpc) is 2.90. The zero-order chi connectivity index (χ0) is 16.2. The van der Waals surface area contributed by atoms with E-state index >= 15 is 0 Å². The maximum Gasteiger partial charge on any atom is 0.162 e. The molecule has 4 heteroatoms. The molecular weight excluding hydrogens is 286 g/mol. The van der Waals surface area contributed by atoms with Crippen LogP contribution in [0.3, 0.4) is 0 Å². The molecule has 0 saturated heterocycles. The number of aryl methyl sites for hydroxylation is 1. The van der Waals surface area contributed by atoms with E-state index in [-0.39, 0.29) is 5.78 Å². The quantitative estimate of drug-likeness (QED) is 0.695. The number of nitrogens with zero attached hydrogens (tertiary/aromatic N) is 2. The lowest BCUT2D eigenvalue weighted by atomic mass is 10.1. The lowest BCUT2D eigenvalue weighted by Crippen LogP contribution is -2.02. The van der Waals surface area contributed by atoms with Gasteiger partial charge >= 0.3 is 0 Å². The predicted molar refractivity (Wildman–Crippen MR) is 93.7 cm³/mol. The molecule has 0 spiro atoms. The third kappa shape index (κ3) is 3.26. The van der Waals surface area contributed by atoms with Gasteiger partial charge in [0, 0.05) is 30.1 Å². The lowest BCUT2D eigenvalue weighted by Gasteiger charge is -2.06. The van der Waals surface area contributed by atoms with Gasteiger partial charge in [-0.1, -0.05) is 25.1 Å². The Morgan fingerprint density at radius 3 is 2.61 bits per heavy atom. The van der Waals surface area contributed by atoms with Gasteiger partial charge in [-0.3, -0.25) is 9.48 Å². The Kier molecular flexibility index (Phi) is 4.42. The maximum absolute atomic E-state index is 11.9. The van der Waals surface area contributed by atoms with Gasteiger partial charge in [0.25, 0.3) is 0 Å². The highest BCUT2D eigenvalue weighted by molar-refractivity contribution is 5.96. The number of para-hydroxylation sites is 1. The highest BCUT2D eigenvalue weighted by atomic mass is 16.1. The minimum atomic E-state index is 0.203. The highest BCUT2D eigenvalue weighted by Gasteiger charge is 2.08. The number of carbonyl (C=O) groups excluding carboxylic acids is 1. The molecule has 1 N–H and O–H groups in total. The Labute approximate surface area is 136 Å². The fourth-order valence-corrected chi connectivity index (χ4v) is 2.75. The summed E-state index contributed by atoms with van der Waals surface area (Å²) < 4.78 is 1.90. The van der Waals surface area contributed by atoms with Crippen molar-refractivity contribution in [2.45, 2.75) is 26.3 Å². The van der Waals surface area contributed by atoms with Gasteiger partial charge in [0.05, 0.1) is 17.8 Å². The molecule has 0 aliphatic rings. The summed E-state index contributed by atoms with van der Waals surface area (Å²) in [5.74, 6) is 0.203. The monoisotopic (exact) mass is 307 g/mol. The standard InChI is InChI=1S/C19H21N3O/c1-3-6-19(23)14-9-11-15(12-10-14)20-13-17-16-7-4-5-8-18(16)22(2)21-17/h4-5,7-12,20H,3,6,13H2,1-2H3. The van der Waals surface area contributed by atoms with Crippen LogP contribution in [0.4, 0.5) is 5.69 Å². The van der Waals surface area contributed by atoms with E-state index in [1.54, 1.807) is 0 Å². The zero-order valence-corrected chi connectivity index (χ0v) is 13.5. The molecule has 3 aromatic rings. The second-order valence-electron chi connectivity index (χ2n) is 5.69. The topological polar surface area (TPSA) is 46.9 Å². The summed E-state index contributed by atoms with van der Waals surface area (Å²) in [4.78, 5) is 11.9. The van der Waals surface area contributed by atoms with Crippen molar-refractivity contribution < 1.29 is 4.79 Å². The van der Waals surface area contributed by atoms with Crippen LogP contribution < -0.4 is 5.32 Å². The predicted octanol–water partition coefficient (Wildman–Crippen LogP) is 4.17. The summed E-state index contributed by atoms with van der Waals surface area (Å²) in [6.45, 7) is 2.68. The number of fused-ring (bicyclic) bond motifs is 1. The number of aromatic nitrogens is 2. The smallest absolute Gasteiger partial charge is 0.162 e. The van der Waals surface area contributed by atoms with Crippen LogP contribution >= 0.6 is 0 Å². The van der Waals surface area contributed by atoms with Crippen LogP contribution in [-0.2, 0) is 13.6 Å². The van der Waals surface area contributed by atoms with E-state index in [1.165, 1.54) is 0 Å². The van der Waals surface area contributed by atoms with Gasteiger partial charge in [0.1, 0.15) is 0 Å². The molecule has 2 aromatic carbocycles. The van der Waals surface area contributed by atoms with Crippen LogP contribution in [-0.4, -0.2) is 15.6 Å². The molecule has 0 radical (unpaired) electrons.